The fourth-order valence-corrected chi connectivity index (χ4v) is 5.94. The van der Waals surface area contributed by atoms with E-state index in [1.807, 2.05) is 24.4 Å². The number of H-pyrrole nitrogens is 2. The van der Waals surface area contributed by atoms with Crippen LogP contribution in [0, 0.1) is 12.8 Å². The van der Waals surface area contributed by atoms with E-state index < -0.39 is 0 Å². The van der Waals surface area contributed by atoms with Crippen LogP contribution in [0.2, 0.25) is 0 Å². The molecule has 0 radical (unpaired) electrons. The molecule has 0 aliphatic heterocycles. The molecule has 0 fully saturated rings. The van der Waals surface area contributed by atoms with Crippen LogP contribution in [0.3, 0.4) is 0 Å². The molecule has 0 bridgehead atoms. The van der Waals surface area contributed by atoms with Gasteiger partial charge in [-0.1, -0.05) is 61.1 Å². The predicted molar refractivity (Wildman–Crippen MR) is 176 cm³/mol. The number of aromatic amines is 2. The highest BCUT2D eigenvalue weighted by Crippen LogP contribution is 2.35. The first kappa shape index (κ1) is 27.6. The lowest BCUT2D eigenvalue weighted by Gasteiger charge is -2.09. The SMILES string of the molecule is C=C[C@H](C)/C=C(\C=C(/C)CNCc1ccccc1)c1ccc2[nH]nc(-c3cc4c(-c5ccc(C)s5)nccc4[nH]3)c2n1. The minimum atomic E-state index is 0.197. The number of nitrogens with one attached hydrogen (secondary N) is 3. The van der Waals surface area contributed by atoms with Crippen LogP contribution >= 0.6 is 11.3 Å². The van der Waals surface area contributed by atoms with Gasteiger partial charge in [0.2, 0.25) is 0 Å². The number of aryl methyl sites for hydroxylation is 1. The summed E-state index contributed by atoms with van der Waals surface area (Å²) < 4.78 is 0. The van der Waals surface area contributed by atoms with E-state index in [0.717, 1.165) is 68.3 Å². The summed E-state index contributed by atoms with van der Waals surface area (Å²) in [6.07, 6.45) is 8.23. The molecule has 1 aromatic carbocycles. The number of rotatable bonds is 10. The van der Waals surface area contributed by atoms with Crippen molar-refractivity contribution in [3.8, 4) is 22.0 Å². The zero-order valence-corrected chi connectivity index (χ0v) is 24.9. The third-order valence-electron chi connectivity index (χ3n) is 7.27. The number of thiophene rings is 1. The first-order valence-corrected chi connectivity index (χ1v) is 15.0. The molecule has 42 heavy (non-hydrogen) atoms. The Morgan fingerprint density at radius 1 is 1.05 bits per heavy atom. The highest BCUT2D eigenvalue weighted by atomic mass is 32.1. The molecule has 6 rings (SSSR count). The number of hydrogen-bond acceptors (Lipinski definition) is 5. The molecule has 0 aliphatic carbocycles. The van der Waals surface area contributed by atoms with Crippen molar-refractivity contribution in [1.29, 1.82) is 0 Å². The molecule has 1 atom stereocenters. The van der Waals surface area contributed by atoms with Crippen LogP contribution in [0.5, 0.6) is 0 Å². The van der Waals surface area contributed by atoms with Crippen molar-refractivity contribution >= 4 is 38.8 Å². The fraction of sp³-hybridized carbons (Fsp3) is 0.171. The minimum absolute atomic E-state index is 0.197. The summed E-state index contributed by atoms with van der Waals surface area (Å²) >= 11 is 1.75. The highest BCUT2D eigenvalue weighted by molar-refractivity contribution is 7.15. The van der Waals surface area contributed by atoms with Gasteiger partial charge in [-0.2, -0.15) is 5.10 Å². The van der Waals surface area contributed by atoms with Crippen LogP contribution in [-0.4, -0.2) is 31.7 Å². The molecule has 5 aromatic heterocycles. The standard InChI is InChI=1S/C35H34N6S/c1-5-22(2)17-26(18-23(3)20-36-21-25-9-7-6-8-10-25)28-12-13-30-34(39-28)35(41-40-30)31-19-27-29(38-31)15-16-37-33(27)32-14-11-24(4)42-32/h5-19,22,36,38H,1,20-21H2,2-4H3,(H,40,41)/b23-18+,26-17+/t22-/m0/s1. The normalized spacial score (nSPS) is 13.2. The van der Waals surface area contributed by atoms with Crippen molar-refractivity contribution in [3.63, 3.8) is 0 Å². The lowest BCUT2D eigenvalue weighted by molar-refractivity contribution is 0.740. The lowest BCUT2D eigenvalue weighted by Crippen LogP contribution is -2.15. The number of allylic oxidation sites excluding steroid dienone is 4. The summed E-state index contributed by atoms with van der Waals surface area (Å²) in [6, 6.07) is 23.0. The molecule has 5 heterocycles. The molecule has 0 saturated heterocycles. The molecular formula is C35H34N6S. The largest absolute Gasteiger partial charge is 0.353 e. The maximum absolute atomic E-state index is 5.14. The quantitative estimate of drug-likeness (QED) is 0.114. The molecule has 7 heteroatoms. The van der Waals surface area contributed by atoms with E-state index in [2.05, 4.69) is 115 Å². The highest BCUT2D eigenvalue weighted by Gasteiger charge is 2.17. The van der Waals surface area contributed by atoms with E-state index in [9.17, 15) is 0 Å². The molecule has 0 unspecified atom stereocenters. The molecule has 0 aliphatic rings. The average Bonchev–Trinajstić information content (AvgIpc) is 3.74. The molecule has 6 nitrogen and oxygen atoms in total. The van der Waals surface area contributed by atoms with Gasteiger partial charge in [-0.3, -0.25) is 10.1 Å². The smallest absolute Gasteiger partial charge is 0.135 e. The van der Waals surface area contributed by atoms with E-state index in [4.69, 9.17) is 9.97 Å². The molecule has 0 spiro atoms. The molecule has 0 saturated carbocycles. The van der Waals surface area contributed by atoms with Gasteiger partial charge >= 0.3 is 0 Å². The Morgan fingerprint density at radius 3 is 2.69 bits per heavy atom. The van der Waals surface area contributed by atoms with E-state index in [0.29, 0.717) is 0 Å². The van der Waals surface area contributed by atoms with Gasteiger partial charge in [0.1, 0.15) is 11.2 Å². The summed E-state index contributed by atoms with van der Waals surface area (Å²) in [5.74, 6) is 0.197. The van der Waals surface area contributed by atoms with Crippen molar-refractivity contribution in [1.82, 2.24) is 30.5 Å². The van der Waals surface area contributed by atoms with Crippen LogP contribution < -0.4 is 5.32 Å². The van der Waals surface area contributed by atoms with E-state index in [-0.39, 0.29) is 5.92 Å². The number of nitrogens with zero attached hydrogens (tertiary/aromatic N) is 3. The Labute approximate surface area is 250 Å². The van der Waals surface area contributed by atoms with Gasteiger partial charge in [0.15, 0.2) is 0 Å². The molecule has 0 amide bonds. The molecule has 6 aromatic rings. The van der Waals surface area contributed by atoms with Gasteiger partial charge in [-0.25, -0.2) is 4.98 Å². The lowest BCUT2D eigenvalue weighted by atomic mass is 10.0. The fourth-order valence-electron chi connectivity index (χ4n) is 5.06. The predicted octanol–water partition coefficient (Wildman–Crippen LogP) is 8.48. The zero-order chi connectivity index (χ0) is 29.1. The second-order valence-electron chi connectivity index (χ2n) is 10.7. The zero-order valence-electron chi connectivity index (χ0n) is 24.1. The Hall–Kier alpha value is -4.59. The van der Waals surface area contributed by atoms with Gasteiger partial charge in [0, 0.05) is 35.1 Å². The van der Waals surface area contributed by atoms with Crippen molar-refractivity contribution in [2.75, 3.05) is 6.54 Å². The molecule has 210 valence electrons. The van der Waals surface area contributed by atoms with Gasteiger partial charge in [-0.05, 0) is 67.3 Å². The monoisotopic (exact) mass is 570 g/mol. The second-order valence-corrected chi connectivity index (χ2v) is 12.0. The van der Waals surface area contributed by atoms with E-state index in [1.165, 1.54) is 16.0 Å². The van der Waals surface area contributed by atoms with Crippen molar-refractivity contribution < 1.29 is 0 Å². The second kappa shape index (κ2) is 12.1. The Bertz CT molecular complexity index is 1920. The van der Waals surface area contributed by atoms with Crippen LogP contribution in [0.4, 0.5) is 0 Å². The third-order valence-corrected chi connectivity index (χ3v) is 8.28. The number of benzene rings is 1. The number of fused-ring (bicyclic) bond motifs is 2. The maximum atomic E-state index is 5.14. The first-order chi connectivity index (χ1) is 20.5. The minimum Gasteiger partial charge on any atom is -0.353 e. The maximum Gasteiger partial charge on any atom is 0.135 e. The number of hydrogen-bond donors (Lipinski definition) is 3. The van der Waals surface area contributed by atoms with E-state index in [1.54, 1.807) is 11.3 Å². The molecular weight excluding hydrogens is 536 g/mol. The Kier molecular flexibility index (Phi) is 7.95. The topological polar surface area (TPSA) is 82.3 Å². The van der Waals surface area contributed by atoms with Gasteiger partial charge in [0.05, 0.1) is 27.5 Å². The summed E-state index contributed by atoms with van der Waals surface area (Å²) in [4.78, 5) is 15.8. The summed E-state index contributed by atoms with van der Waals surface area (Å²) in [6.45, 7) is 12.0. The van der Waals surface area contributed by atoms with E-state index >= 15 is 0 Å². The molecule has 3 N–H and O–H groups in total. The first-order valence-electron chi connectivity index (χ1n) is 14.1. The number of aromatic nitrogens is 5. The van der Waals surface area contributed by atoms with Crippen molar-refractivity contribution in [3.05, 3.63) is 119 Å². The van der Waals surface area contributed by atoms with Crippen LogP contribution in [0.15, 0.2) is 103 Å². The number of pyridine rings is 2. The van der Waals surface area contributed by atoms with Gasteiger partial charge in [0.25, 0.3) is 0 Å². The van der Waals surface area contributed by atoms with Crippen LogP contribution in [0.1, 0.15) is 30.0 Å². The van der Waals surface area contributed by atoms with Crippen LogP contribution in [-0.2, 0) is 6.54 Å². The van der Waals surface area contributed by atoms with Crippen molar-refractivity contribution in [2.45, 2.75) is 27.3 Å². The summed E-state index contributed by atoms with van der Waals surface area (Å²) in [7, 11) is 0. The summed E-state index contributed by atoms with van der Waals surface area (Å²) in [5.41, 5.74) is 9.87. The van der Waals surface area contributed by atoms with Gasteiger partial charge in [-0.15, -0.1) is 17.9 Å². The van der Waals surface area contributed by atoms with Gasteiger partial charge < -0.3 is 10.3 Å². The Balaban J connectivity index is 1.34. The summed E-state index contributed by atoms with van der Waals surface area (Å²) in [5, 5.41) is 12.5. The van der Waals surface area contributed by atoms with Crippen molar-refractivity contribution in [2.24, 2.45) is 5.92 Å². The van der Waals surface area contributed by atoms with Crippen LogP contribution in [0.25, 0.3) is 49.5 Å². The third kappa shape index (κ3) is 5.88. The Morgan fingerprint density at radius 2 is 1.90 bits per heavy atom. The average molecular weight is 571 g/mol.